The van der Waals surface area contributed by atoms with E-state index in [0.29, 0.717) is 12.8 Å². The fourth-order valence-corrected chi connectivity index (χ4v) is 2.64. The molecule has 4 nitrogen and oxygen atoms in total. The van der Waals surface area contributed by atoms with E-state index in [1.54, 1.807) is 12.5 Å². The second-order valence-electron chi connectivity index (χ2n) is 7.26. The van der Waals surface area contributed by atoms with E-state index in [-0.39, 0.29) is 16.6 Å². The average Bonchev–Trinajstić information content (AvgIpc) is 3.05. The number of hydrogen-bond acceptors (Lipinski definition) is 3. The molecule has 2 saturated carbocycles. The lowest BCUT2D eigenvalue weighted by Crippen LogP contribution is -2.12. The van der Waals surface area contributed by atoms with Crippen molar-refractivity contribution < 1.29 is 18.9 Å². The van der Waals surface area contributed by atoms with Crippen LogP contribution >= 0.6 is 0 Å². The molecule has 0 aromatic heterocycles. The molecule has 0 saturated heterocycles. The van der Waals surface area contributed by atoms with Gasteiger partial charge in [0.1, 0.15) is 0 Å². The predicted octanol–water partition coefficient (Wildman–Crippen LogP) is 2.35. The molecule has 20 heavy (non-hydrogen) atoms. The molecule has 0 unspecified atom stereocenters. The summed E-state index contributed by atoms with van der Waals surface area (Å²) in [7, 11) is -1.99. The maximum atomic E-state index is 11.3. The summed E-state index contributed by atoms with van der Waals surface area (Å²) in [6, 6.07) is 0. The highest BCUT2D eigenvalue weighted by atomic mass is 32.2. The molecule has 0 heterocycles. The van der Waals surface area contributed by atoms with Crippen LogP contribution in [0.4, 0.5) is 0 Å². The number of ketones is 1. The van der Waals surface area contributed by atoms with E-state index in [1.165, 1.54) is 5.37 Å². The van der Waals surface area contributed by atoms with E-state index in [9.17, 15) is 13.8 Å². The molecule has 116 valence electrons. The van der Waals surface area contributed by atoms with Crippen molar-refractivity contribution in [3.8, 4) is 0 Å². The van der Waals surface area contributed by atoms with Gasteiger partial charge in [-0.15, -0.1) is 0 Å². The first kappa shape index (κ1) is 17.2. The maximum Gasteiger partial charge on any atom is 0.303 e. The number of aliphatic carboxylic acids is 1. The molecule has 0 amide bonds. The van der Waals surface area contributed by atoms with Gasteiger partial charge < -0.3 is 5.11 Å². The SMILES string of the molecule is CC1(CC(=O)C=S(C)(C)=O)CC1.CC1(CC(=O)O)CC1. The smallest absolute Gasteiger partial charge is 0.303 e. The predicted molar refractivity (Wildman–Crippen MR) is 82.6 cm³/mol. The number of carbonyl (C=O) groups is 2. The molecule has 1 N–H and O–H groups in total. The zero-order chi connectivity index (χ0) is 15.6. The number of Topliss-reactive ketones (excluding diaryl/α,β-unsaturated/α-hetero) is 1. The first-order valence-electron chi connectivity index (χ1n) is 6.97. The van der Waals surface area contributed by atoms with Gasteiger partial charge in [0.2, 0.25) is 0 Å². The number of carboxylic acid groups (broad SMARTS) is 1. The van der Waals surface area contributed by atoms with Crippen LogP contribution in [0.25, 0.3) is 0 Å². The van der Waals surface area contributed by atoms with Gasteiger partial charge in [0.25, 0.3) is 0 Å². The summed E-state index contributed by atoms with van der Waals surface area (Å²) in [4.78, 5) is 21.3. The quantitative estimate of drug-likeness (QED) is 0.791. The fourth-order valence-electron chi connectivity index (χ4n) is 1.92. The summed E-state index contributed by atoms with van der Waals surface area (Å²) >= 11 is 0. The van der Waals surface area contributed by atoms with Crippen LogP contribution in [-0.2, 0) is 19.1 Å². The molecular weight excluding hydrogens is 276 g/mol. The van der Waals surface area contributed by atoms with Crippen molar-refractivity contribution in [1.82, 2.24) is 0 Å². The van der Waals surface area contributed by atoms with Crippen LogP contribution in [0, 0.1) is 10.8 Å². The van der Waals surface area contributed by atoms with Crippen LogP contribution in [0.1, 0.15) is 52.4 Å². The molecule has 0 spiro atoms. The van der Waals surface area contributed by atoms with E-state index in [2.05, 4.69) is 6.92 Å². The van der Waals surface area contributed by atoms with Crippen LogP contribution < -0.4 is 0 Å². The Morgan fingerprint density at radius 2 is 1.45 bits per heavy atom. The Labute approximate surface area is 122 Å². The molecule has 0 radical (unpaired) electrons. The highest BCUT2D eigenvalue weighted by Gasteiger charge is 2.39. The second-order valence-corrected chi connectivity index (χ2v) is 10.1. The van der Waals surface area contributed by atoms with Gasteiger partial charge in [-0.3, -0.25) is 13.8 Å². The number of hydrogen-bond donors (Lipinski definition) is 1. The highest BCUT2D eigenvalue weighted by molar-refractivity contribution is 8.01. The number of rotatable bonds is 5. The van der Waals surface area contributed by atoms with Crippen molar-refractivity contribution in [1.29, 1.82) is 0 Å². The lowest BCUT2D eigenvalue weighted by atomic mass is 10.0. The molecule has 0 bridgehead atoms. The molecule has 0 aromatic carbocycles. The molecule has 0 aromatic rings. The van der Waals surface area contributed by atoms with Gasteiger partial charge in [-0.2, -0.15) is 0 Å². The molecule has 2 aliphatic carbocycles. The van der Waals surface area contributed by atoms with Crippen molar-refractivity contribution in [2.45, 2.75) is 52.4 Å². The summed E-state index contributed by atoms with van der Waals surface area (Å²) in [5.41, 5.74) is 0.407. The normalized spacial score (nSPS) is 21.2. The number of carboxylic acids is 1. The zero-order valence-electron chi connectivity index (χ0n) is 12.9. The Balaban J connectivity index is 0.000000217. The van der Waals surface area contributed by atoms with E-state index in [4.69, 9.17) is 5.11 Å². The third kappa shape index (κ3) is 7.68. The van der Waals surface area contributed by atoms with Gasteiger partial charge in [-0.1, -0.05) is 13.8 Å². The Morgan fingerprint density at radius 3 is 1.70 bits per heavy atom. The third-order valence-electron chi connectivity index (χ3n) is 3.80. The monoisotopic (exact) mass is 302 g/mol. The number of carbonyl (C=O) groups excluding carboxylic acids is 1. The van der Waals surface area contributed by atoms with Crippen molar-refractivity contribution in [3.63, 3.8) is 0 Å². The first-order valence-corrected chi connectivity index (χ1v) is 9.41. The van der Waals surface area contributed by atoms with Crippen LogP contribution in [0.3, 0.4) is 0 Å². The van der Waals surface area contributed by atoms with Crippen LogP contribution in [0.5, 0.6) is 0 Å². The van der Waals surface area contributed by atoms with E-state index < -0.39 is 15.5 Å². The van der Waals surface area contributed by atoms with E-state index >= 15 is 0 Å². The third-order valence-corrected chi connectivity index (χ3v) is 4.63. The van der Waals surface area contributed by atoms with E-state index in [1.807, 2.05) is 6.92 Å². The van der Waals surface area contributed by atoms with Gasteiger partial charge in [0.15, 0.2) is 5.78 Å². The highest BCUT2D eigenvalue weighted by Crippen LogP contribution is 2.48. The lowest BCUT2D eigenvalue weighted by Gasteiger charge is -2.03. The Morgan fingerprint density at radius 1 is 1.05 bits per heavy atom. The molecule has 5 heteroatoms. The Bertz CT molecular complexity index is 496. The van der Waals surface area contributed by atoms with E-state index in [0.717, 1.165) is 25.7 Å². The van der Waals surface area contributed by atoms with Crippen LogP contribution in [0.15, 0.2) is 0 Å². The Hall–Kier alpha value is -0.840. The maximum absolute atomic E-state index is 11.3. The van der Waals surface area contributed by atoms with Crippen molar-refractivity contribution in [3.05, 3.63) is 0 Å². The summed E-state index contributed by atoms with van der Waals surface area (Å²) in [5.74, 6) is -0.616. The summed E-state index contributed by atoms with van der Waals surface area (Å²) in [5, 5.41) is 9.67. The van der Waals surface area contributed by atoms with Gasteiger partial charge in [0, 0.05) is 24.3 Å². The molecular formula is C15H26O4S. The van der Waals surface area contributed by atoms with Gasteiger partial charge in [-0.05, 0) is 46.0 Å². The average molecular weight is 302 g/mol. The second kappa shape index (κ2) is 5.88. The summed E-state index contributed by atoms with van der Waals surface area (Å²) in [6.45, 7) is 4.12. The molecule has 2 aliphatic rings. The minimum atomic E-state index is -1.99. The van der Waals surface area contributed by atoms with Crippen molar-refractivity contribution >= 4 is 26.6 Å². The van der Waals surface area contributed by atoms with Gasteiger partial charge >= 0.3 is 5.97 Å². The molecule has 0 aliphatic heterocycles. The Kier molecular flexibility index (Phi) is 5.06. The van der Waals surface area contributed by atoms with Gasteiger partial charge in [-0.25, -0.2) is 0 Å². The van der Waals surface area contributed by atoms with Crippen LogP contribution in [-0.4, -0.2) is 38.9 Å². The zero-order valence-corrected chi connectivity index (χ0v) is 13.7. The first-order chi connectivity index (χ1) is 8.93. The van der Waals surface area contributed by atoms with Crippen LogP contribution in [0.2, 0.25) is 0 Å². The van der Waals surface area contributed by atoms with Crippen molar-refractivity contribution in [2.24, 2.45) is 10.8 Å². The molecule has 0 atom stereocenters. The minimum Gasteiger partial charge on any atom is -0.481 e. The summed E-state index contributed by atoms with van der Waals surface area (Å²) < 4.78 is 11.2. The minimum absolute atomic E-state index is 0.0463. The largest absolute Gasteiger partial charge is 0.481 e. The fraction of sp³-hybridized carbons (Fsp3) is 0.800. The van der Waals surface area contributed by atoms with Crippen molar-refractivity contribution in [2.75, 3.05) is 12.5 Å². The van der Waals surface area contributed by atoms with Gasteiger partial charge in [0.05, 0.1) is 6.42 Å². The lowest BCUT2D eigenvalue weighted by molar-refractivity contribution is -0.138. The molecule has 2 rings (SSSR count). The standard InChI is InChI=1S/C9H16O2S.C6H10O2/c1-9(4-5-9)6-8(10)7-12(2,3)11;1-6(2-3-6)4-5(7)8/h7H,4-6H2,1-3H3;2-4H2,1H3,(H,7,8). The summed E-state index contributed by atoms with van der Waals surface area (Å²) in [6.07, 6.45) is 8.60. The topological polar surface area (TPSA) is 71.4 Å². The molecule has 2 fully saturated rings.